The fraction of sp³-hybridized carbons (Fsp3) is 0.455. The smallest absolute Gasteiger partial charge is 0.191 e. The van der Waals surface area contributed by atoms with Crippen molar-refractivity contribution in [3.63, 3.8) is 0 Å². The minimum atomic E-state index is 0.0584. The van der Waals surface area contributed by atoms with Gasteiger partial charge in [-0.15, -0.1) is 0 Å². The second-order valence-corrected chi connectivity index (χ2v) is 6.95. The molecule has 1 aliphatic rings. The zero-order valence-corrected chi connectivity index (χ0v) is 16.2. The second kappa shape index (κ2) is 10.1. The SMILES string of the molecule is CCNC(=NCC1(c2ccccc2)CCOCC1)NCCc1ccccn1. The monoisotopic (exact) mass is 366 g/mol. The van der Waals surface area contributed by atoms with Crippen LogP contribution in [0.5, 0.6) is 0 Å². The minimum absolute atomic E-state index is 0.0584. The van der Waals surface area contributed by atoms with Crippen LogP contribution in [0.15, 0.2) is 59.7 Å². The van der Waals surface area contributed by atoms with Gasteiger partial charge in [0, 0.05) is 50.0 Å². The van der Waals surface area contributed by atoms with Crippen molar-refractivity contribution >= 4 is 5.96 Å². The average molecular weight is 367 g/mol. The number of aliphatic imine (C=N–C) groups is 1. The molecule has 2 aromatic rings. The molecule has 144 valence electrons. The van der Waals surface area contributed by atoms with Gasteiger partial charge in [-0.05, 0) is 37.5 Å². The Morgan fingerprint density at radius 1 is 1.07 bits per heavy atom. The first-order valence-electron chi connectivity index (χ1n) is 9.88. The Labute approximate surface area is 162 Å². The topological polar surface area (TPSA) is 58.5 Å². The number of nitrogens with zero attached hydrogens (tertiary/aromatic N) is 2. The van der Waals surface area contributed by atoms with Crippen molar-refractivity contribution < 1.29 is 4.74 Å². The van der Waals surface area contributed by atoms with Crippen molar-refractivity contribution in [2.45, 2.75) is 31.6 Å². The molecular formula is C22H30N4O. The summed E-state index contributed by atoms with van der Waals surface area (Å²) in [5.74, 6) is 0.871. The molecule has 1 aromatic heterocycles. The van der Waals surface area contributed by atoms with Crippen molar-refractivity contribution in [1.29, 1.82) is 0 Å². The normalized spacial score (nSPS) is 16.7. The van der Waals surface area contributed by atoms with Gasteiger partial charge in [-0.2, -0.15) is 0 Å². The predicted molar refractivity (Wildman–Crippen MR) is 110 cm³/mol. The van der Waals surface area contributed by atoms with Crippen molar-refractivity contribution in [3.05, 3.63) is 66.0 Å². The second-order valence-electron chi connectivity index (χ2n) is 6.95. The van der Waals surface area contributed by atoms with Gasteiger partial charge in [0.05, 0.1) is 6.54 Å². The highest BCUT2D eigenvalue weighted by atomic mass is 16.5. The standard InChI is InChI=1S/C22H30N4O/c1-2-23-21(25-15-11-20-10-6-7-14-24-20)26-18-22(12-16-27-17-13-22)19-8-4-3-5-9-19/h3-10,14H,2,11-13,15-18H2,1H3,(H2,23,25,26). The van der Waals surface area contributed by atoms with E-state index < -0.39 is 0 Å². The van der Waals surface area contributed by atoms with E-state index in [-0.39, 0.29) is 5.41 Å². The molecular weight excluding hydrogens is 336 g/mol. The summed E-state index contributed by atoms with van der Waals surface area (Å²) in [7, 11) is 0. The number of ether oxygens (including phenoxy) is 1. The van der Waals surface area contributed by atoms with Crippen LogP contribution in [0.25, 0.3) is 0 Å². The maximum atomic E-state index is 5.63. The highest BCUT2D eigenvalue weighted by Crippen LogP contribution is 2.35. The first-order chi connectivity index (χ1) is 13.3. The molecule has 0 amide bonds. The van der Waals surface area contributed by atoms with E-state index in [2.05, 4.69) is 58.9 Å². The number of benzene rings is 1. The molecule has 5 nitrogen and oxygen atoms in total. The Kier molecular flexibility index (Phi) is 7.22. The first kappa shape index (κ1) is 19.4. The first-order valence-corrected chi connectivity index (χ1v) is 9.88. The molecule has 1 saturated heterocycles. The molecule has 0 saturated carbocycles. The molecule has 0 radical (unpaired) electrons. The number of pyridine rings is 1. The summed E-state index contributed by atoms with van der Waals surface area (Å²) in [6, 6.07) is 16.8. The summed E-state index contributed by atoms with van der Waals surface area (Å²) in [5.41, 5.74) is 2.51. The number of hydrogen-bond donors (Lipinski definition) is 2. The molecule has 2 N–H and O–H groups in total. The number of rotatable bonds is 7. The van der Waals surface area contributed by atoms with Crippen molar-refractivity contribution in [2.24, 2.45) is 4.99 Å². The molecule has 0 unspecified atom stereocenters. The summed E-state index contributed by atoms with van der Waals surface area (Å²) in [6.07, 6.45) is 4.73. The number of aromatic nitrogens is 1. The Morgan fingerprint density at radius 3 is 2.56 bits per heavy atom. The third kappa shape index (κ3) is 5.54. The minimum Gasteiger partial charge on any atom is -0.381 e. The van der Waals surface area contributed by atoms with Crippen LogP contribution in [0.2, 0.25) is 0 Å². The van der Waals surface area contributed by atoms with Crippen LogP contribution in [-0.4, -0.2) is 43.8 Å². The lowest BCUT2D eigenvalue weighted by atomic mass is 9.74. The Bertz CT molecular complexity index is 697. The van der Waals surface area contributed by atoms with Gasteiger partial charge < -0.3 is 15.4 Å². The van der Waals surface area contributed by atoms with E-state index in [9.17, 15) is 0 Å². The van der Waals surface area contributed by atoms with Crippen LogP contribution in [0, 0.1) is 0 Å². The van der Waals surface area contributed by atoms with Gasteiger partial charge in [-0.1, -0.05) is 36.4 Å². The lowest BCUT2D eigenvalue weighted by Gasteiger charge is -2.36. The Hall–Kier alpha value is -2.40. The van der Waals surface area contributed by atoms with Gasteiger partial charge in [0.2, 0.25) is 0 Å². The van der Waals surface area contributed by atoms with Crippen molar-refractivity contribution in [2.75, 3.05) is 32.8 Å². The summed E-state index contributed by atoms with van der Waals surface area (Å²) in [6.45, 7) is 6.11. The molecule has 5 heteroatoms. The molecule has 0 aliphatic carbocycles. The fourth-order valence-electron chi connectivity index (χ4n) is 3.52. The highest BCUT2D eigenvalue weighted by Gasteiger charge is 2.34. The molecule has 2 heterocycles. The summed E-state index contributed by atoms with van der Waals surface area (Å²) < 4.78 is 5.63. The maximum Gasteiger partial charge on any atom is 0.191 e. The van der Waals surface area contributed by atoms with Gasteiger partial charge in [-0.3, -0.25) is 9.98 Å². The van der Waals surface area contributed by atoms with Crippen LogP contribution in [-0.2, 0) is 16.6 Å². The van der Waals surface area contributed by atoms with Crippen molar-refractivity contribution in [1.82, 2.24) is 15.6 Å². The van der Waals surface area contributed by atoms with Gasteiger partial charge in [-0.25, -0.2) is 0 Å². The van der Waals surface area contributed by atoms with Crippen molar-refractivity contribution in [3.8, 4) is 0 Å². The quantitative estimate of drug-likeness (QED) is 0.584. The summed E-state index contributed by atoms with van der Waals surface area (Å²) in [4.78, 5) is 9.31. The molecule has 0 atom stereocenters. The summed E-state index contributed by atoms with van der Waals surface area (Å²) in [5, 5.41) is 6.81. The maximum absolute atomic E-state index is 5.63. The zero-order valence-electron chi connectivity index (χ0n) is 16.2. The van der Waals surface area contributed by atoms with Crippen LogP contribution < -0.4 is 10.6 Å². The van der Waals surface area contributed by atoms with Gasteiger partial charge >= 0.3 is 0 Å². The fourth-order valence-corrected chi connectivity index (χ4v) is 3.52. The largest absolute Gasteiger partial charge is 0.381 e. The van der Waals surface area contributed by atoms with E-state index in [1.807, 2.05) is 18.3 Å². The lowest BCUT2D eigenvalue weighted by Crippen LogP contribution is -2.41. The summed E-state index contributed by atoms with van der Waals surface area (Å²) >= 11 is 0. The molecule has 0 bridgehead atoms. The van der Waals surface area contributed by atoms with Crippen LogP contribution in [0.4, 0.5) is 0 Å². The third-order valence-corrected chi connectivity index (χ3v) is 5.12. The van der Waals surface area contributed by atoms with E-state index >= 15 is 0 Å². The predicted octanol–water partition coefficient (Wildman–Crippen LogP) is 2.93. The van der Waals surface area contributed by atoms with Gasteiger partial charge in [0.25, 0.3) is 0 Å². The lowest BCUT2D eigenvalue weighted by molar-refractivity contribution is 0.0531. The van der Waals surface area contributed by atoms with E-state index in [1.165, 1.54) is 5.56 Å². The number of guanidine groups is 1. The molecule has 1 fully saturated rings. The van der Waals surface area contributed by atoms with E-state index in [0.717, 1.165) is 63.8 Å². The molecule has 0 spiro atoms. The van der Waals surface area contributed by atoms with E-state index in [1.54, 1.807) is 0 Å². The van der Waals surface area contributed by atoms with E-state index in [0.29, 0.717) is 0 Å². The Balaban J connectivity index is 1.66. The number of hydrogen-bond acceptors (Lipinski definition) is 3. The van der Waals surface area contributed by atoms with Crippen LogP contribution in [0.1, 0.15) is 31.0 Å². The van der Waals surface area contributed by atoms with Gasteiger partial charge in [0.1, 0.15) is 0 Å². The van der Waals surface area contributed by atoms with E-state index in [4.69, 9.17) is 9.73 Å². The van der Waals surface area contributed by atoms with Crippen LogP contribution in [0.3, 0.4) is 0 Å². The van der Waals surface area contributed by atoms with Crippen LogP contribution >= 0.6 is 0 Å². The molecule has 27 heavy (non-hydrogen) atoms. The third-order valence-electron chi connectivity index (χ3n) is 5.12. The highest BCUT2D eigenvalue weighted by molar-refractivity contribution is 5.79. The zero-order chi connectivity index (χ0) is 18.8. The average Bonchev–Trinajstić information content (AvgIpc) is 2.74. The van der Waals surface area contributed by atoms with Gasteiger partial charge in [0.15, 0.2) is 5.96 Å². The molecule has 3 rings (SSSR count). The molecule has 1 aliphatic heterocycles. The molecule has 1 aromatic carbocycles. The number of nitrogens with one attached hydrogen (secondary N) is 2. The Morgan fingerprint density at radius 2 is 1.85 bits per heavy atom.